The number of benzene rings is 6. The van der Waals surface area contributed by atoms with Crippen LogP contribution in [0.4, 0.5) is 5.69 Å². The van der Waals surface area contributed by atoms with Crippen molar-refractivity contribution < 1.29 is 9.59 Å². The number of carbonyl (C=O) groups excluding carboxylic acids is 2. The second-order valence-corrected chi connectivity index (χ2v) is 17.2. The number of ketones is 1. The molecule has 0 N–H and O–H groups in total. The molecule has 1 unspecified atom stereocenters. The van der Waals surface area contributed by atoms with Crippen LogP contribution in [0.1, 0.15) is 54.7 Å². The van der Waals surface area contributed by atoms with Crippen molar-refractivity contribution in [2.75, 3.05) is 0 Å². The maximum absolute atomic E-state index is 13.7. The molecular weight excluding hydrogens is 998 g/mol. The van der Waals surface area contributed by atoms with Crippen molar-refractivity contribution in [3.05, 3.63) is 203 Å². The van der Waals surface area contributed by atoms with Gasteiger partial charge in [0.2, 0.25) is 6.08 Å². The minimum atomic E-state index is -0.0584. The van der Waals surface area contributed by atoms with E-state index in [1.807, 2.05) is 130 Å². The third-order valence-electron chi connectivity index (χ3n) is 9.32. The Morgan fingerprint density at radius 3 is 1.58 bits per heavy atom. The molecule has 0 radical (unpaired) electrons. The molecule has 1 heterocycles. The molecule has 6 aromatic carbocycles. The normalized spacial score (nSPS) is 10.9. The first kappa shape index (κ1) is 45.4. The van der Waals surface area contributed by atoms with Crippen LogP contribution in [-0.2, 0) is 17.6 Å². The van der Waals surface area contributed by atoms with E-state index in [9.17, 15) is 14.4 Å². The predicted octanol–water partition coefficient (Wildman–Crippen LogP) is 14.5. The molecule has 300 valence electrons. The number of hydrogen-bond donors (Lipinski definition) is 0. The molecule has 1 aromatic heterocycles. The van der Waals surface area contributed by atoms with Crippen LogP contribution in [0.25, 0.3) is 22.6 Å². The molecule has 0 aliphatic heterocycles. The zero-order chi connectivity index (χ0) is 42.1. The summed E-state index contributed by atoms with van der Waals surface area (Å²) in [6.45, 7) is 4.27. The first-order valence-corrected chi connectivity index (χ1v) is 22.4. The number of imidazole rings is 1. The van der Waals surface area contributed by atoms with Gasteiger partial charge in [-0.15, -0.1) is 0 Å². The third-order valence-corrected chi connectivity index (χ3v) is 11.4. The Bertz CT molecular complexity index is 2500. The van der Waals surface area contributed by atoms with E-state index in [1.165, 1.54) is 11.6 Å². The van der Waals surface area contributed by atoms with E-state index >= 15 is 0 Å². The second-order valence-electron chi connectivity index (χ2n) is 13.5. The van der Waals surface area contributed by atoms with Crippen LogP contribution < -0.4 is 5.69 Å². The Morgan fingerprint density at radius 1 is 0.610 bits per heavy atom. The lowest BCUT2D eigenvalue weighted by Gasteiger charge is -2.15. The van der Waals surface area contributed by atoms with Crippen molar-refractivity contribution >= 4 is 81.3 Å². The molecule has 0 bridgehead atoms. The molecule has 10 heteroatoms. The average molecular weight is 1040 g/mol. The lowest BCUT2D eigenvalue weighted by Crippen LogP contribution is -2.23. The summed E-state index contributed by atoms with van der Waals surface area (Å²) >= 11 is 13.7. The van der Waals surface area contributed by atoms with E-state index in [4.69, 9.17) is 0 Å². The monoisotopic (exact) mass is 1040 g/mol. The number of Topliss-reactive ketones (excluding diaryl/α,β-unsaturated/α-hetero) is 1. The SMILES string of the molecule is CCCC(Cc1ccc(Br)cc1)C(=O)c1ccccc1.CCCc1c(-c2ccccc2)n(-c2ccc(Br)cc2)c(=O)n1-c1ccc(Br)cc1.O=C=Nc1ccc(Br)cc1. The van der Waals surface area contributed by atoms with Crippen molar-refractivity contribution in [1.29, 1.82) is 0 Å². The summed E-state index contributed by atoms with van der Waals surface area (Å²) in [6, 6.07) is 50.9. The minimum Gasteiger partial charge on any atom is -0.294 e. The van der Waals surface area contributed by atoms with Gasteiger partial charge in [-0.05, 0) is 110 Å². The van der Waals surface area contributed by atoms with Gasteiger partial charge in [-0.1, -0.05) is 163 Å². The largest absolute Gasteiger partial charge is 0.338 e. The quantitative estimate of drug-likeness (QED) is 0.0695. The summed E-state index contributed by atoms with van der Waals surface area (Å²) in [5.41, 5.74) is 7.33. The van der Waals surface area contributed by atoms with Crippen LogP contribution in [0.3, 0.4) is 0 Å². The number of hydrogen-bond acceptors (Lipinski definition) is 4. The highest BCUT2D eigenvalue weighted by Gasteiger charge is 2.23. The summed E-state index contributed by atoms with van der Waals surface area (Å²) in [5, 5.41) is 0. The zero-order valence-corrected chi connectivity index (χ0v) is 39.0. The number of rotatable bonds is 12. The Kier molecular flexibility index (Phi) is 17.8. The fraction of sp³-hybridized carbons (Fsp3) is 0.163. The molecule has 7 rings (SSSR count). The van der Waals surface area contributed by atoms with Gasteiger partial charge in [0.1, 0.15) is 0 Å². The molecule has 0 saturated heterocycles. The van der Waals surface area contributed by atoms with E-state index in [2.05, 4.69) is 107 Å². The maximum atomic E-state index is 13.7. The summed E-state index contributed by atoms with van der Waals surface area (Å²) in [6.07, 6.45) is 5.99. The van der Waals surface area contributed by atoms with Gasteiger partial charge < -0.3 is 0 Å². The molecule has 0 aliphatic carbocycles. The molecule has 7 aromatic rings. The summed E-state index contributed by atoms with van der Waals surface area (Å²) < 4.78 is 7.69. The summed E-state index contributed by atoms with van der Waals surface area (Å²) in [4.78, 5) is 39.5. The molecule has 0 saturated carbocycles. The van der Waals surface area contributed by atoms with Crippen LogP contribution in [-0.4, -0.2) is 21.0 Å². The van der Waals surface area contributed by atoms with Crippen LogP contribution in [0.5, 0.6) is 0 Å². The molecule has 0 amide bonds. The van der Waals surface area contributed by atoms with Crippen LogP contribution >= 0.6 is 63.7 Å². The van der Waals surface area contributed by atoms with Gasteiger partial charge in [0.15, 0.2) is 5.78 Å². The lowest BCUT2D eigenvalue weighted by atomic mass is 9.88. The standard InChI is InChI=1S/C24H20Br2N2O.C18H19BrO.C7H4BrNO/c1-2-6-22-23(17-7-4-3-5-8-17)28(21-15-11-19(26)12-16-21)24(29)27(22)20-13-9-18(25)10-14-20;1-2-6-16(13-14-9-11-17(19)12-10-14)18(20)15-7-4-3-5-8-15;8-6-1-3-7(4-2-6)9-5-10/h3-5,7-16H,2,6H2,1H3;3-5,7-12,16H,2,6,13H2,1H3;1-4H. The van der Waals surface area contributed by atoms with Crippen molar-refractivity contribution in [1.82, 2.24) is 9.13 Å². The highest BCUT2D eigenvalue weighted by molar-refractivity contribution is 9.11. The van der Waals surface area contributed by atoms with E-state index in [-0.39, 0.29) is 17.4 Å². The first-order chi connectivity index (χ1) is 28.6. The van der Waals surface area contributed by atoms with Crippen molar-refractivity contribution in [2.24, 2.45) is 10.9 Å². The molecule has 0 fully saturated rings. The van der Waals surface area contributed by atoms with Crippen molar-refractivity contribution in [2.45, 2.75) is 46.0 Å². The molecule has 59 heavy (non-hydrogen) atoms. The number of isocyanates is 1. The van der Waals surface area contributed by atoms with Crippen molar-refractivity contribution in [3.8, 4) is 22.6 Å². The van der Waals surface area contributed by atoms with Crippen molar-refractivity contribution in [3.63, 3.8) is 0 Å². The summed E-state index contributed by atoms with van der Waals surface area (Å²) in [5.74, 6) is 0.332. The number of aromatic nitrogens is 2. The molecule has 6 nitrogen and oxygen atoms in total. The highest BCUT2D eigenvalue weighted by atomic mass is 79.9. The van der Waals surface area contributed by atoms with Gasteiger partial charge >= 0.3 is 5.69 Å². The molecule has 0 spiro atoms. The van der Waals surface area contributed by atoms with Crippen LogP contribution in [0, 0.1) is 5.92 Å². The zero-order valence-electron chi connectivity index (χ0n) is 32.7. The Hall–Kier alpha value is -4.70. The molecule has 1 atom stereocenters. The third kappa shape index (κ3) is 12.9. The highest BCUT2D eigenvalue weighted by Crippen LogP contribution is 2.30. The second kappa shape index (κ2) is 23.2. The Morgan fingerprint density at radius 2 is 1.08 bits per heavy atom. The van der Waals surface area contributed by atoms with Gasteiger partial charge in [0.05, 0.1) is 28.5 Å². The Labute approximate surface area is 379 Å². The van der Waals surface area contributed by atoms with E-state index < -0.39 is 0 Å². The van der Waals surface area contributed by atoms with Crippen LogP contribution in [0.15, 0.2) is 185 Å². The number of nitrogens with zero attached hydrogens (tertiary/aromatic N) is 3. The average Bonchev–Trinajstić information content (AvgIpc) is 3.54. The fourth-order valence-electron chi connectivity index (χ4n) is 6.58. The Balaban J connectivity index is 0.000000190. The predicted molar refractivity (Wildman–Crippen MR) is 255 cm³/mol. The van der Waals surface area contributed by atoms with Gasteiger partial charge in [-0.25, -0.2) is 9.59 Å². The van der Waals surface area contributed by atoms with E-state index in [0.29, 0.717) is 5.69 Å². The van der Waals surface area contributed by atoms with E-state index in [0.717, 1.165) is 83.9 Å². The topological polar surface area (TPSA) is 73.4 Å². The van der Waals surface area contributed by atoms with Gasteiger partial charge in [0.25, 0.3) is 0 Å². The number of aliphatic imine (C=N–C) groups is 1. The fourth-order valence-corrected chi connectivity index (χ4v) is 7.63. The van der Waals surface area contributed by atoms with Gasteiger partial charge in [-0.2, -0.15) is 4.99 Å². The van der Waals surface area contributed by atoms with Gasteiger partial charge in [-0.3, -0.25) is 13.9 Å². The molecule has 0 aliphatic rings. The first-order valence-electron chi connectivity index (χ1n) is 19.2. The van der Waals surface area contributed by atoms with Gasteiger partial charge in [0, 0.05) is 34.9 Å². The minimum absolute atomic E-state index is 0.0584. The number of carbonyl (C=O) groups is 1. The molecular formula is C49H43Br4N3O3. The smallest absolute Gasteiger partial charge is 0.294 e. The number of halogens is 4. The van der Waals surface area contributed by atoms with E-state index in [1.54, 1.807) is 12.1 Å². The maximum Gasteiger partial charge on any atom is 0.338 e. The lowest BCUT2D eigenvalue weighted by molar-refractivity contribution is 0.0911. The van der Waals surface area contributed by atoms with Crippen LogP contribution in [0.2, 0.25) is 0 Å². The summed E-state index contributed by atoms with van der Waals surface area (Å²) in [7, 11) is 0.